The van der Waals surface area contributed by atoms with Crippen molar-refractivity contribution in [3.05, 3.63) is 193 Å². The van der Waals surface area contributed by atoms with Crippen molar-refractivity contribution >= 4 is 50.9 Å². The number of halogens is 3. The summed E-state index contributed by atoms with van der Waals surface area (Å²) in [4.78, 5) is 20.1. The molecule has 0 saturated heterocycles. The van der Waals surface area contributed by atoms with E-state index in [1.54, 1.807) is 18.2 Å². The van der Waals surface area contributed by atoms with Crippen molar-refractivity contribution in [2.75, 3.05) is 19.8 Å². The largest absolute Gasteiger partial charge is 0.494 e. The van der Waals surface area contributed by atoms with Gasteiger partial charge in [-0.2, -0.15) is 0 Å². The Kier molecular flexibility index (Phi) is 14.2. The lowest BCUT2D eigenvalue weighted by molar-refractivity contribution is -0.128. The molecule has 11 heteroatoms. The van der Waals surface area contributed by atoms with Gasteiger partial charge in [-0.15, -0.1) is 0 Å². The molecule has 6 aromatic rings. The summed E-state index contributed by atoms with van der Waals surface area (Å²) >= 11 is 16.9. The van der Waals surface area contributed by atoms with E-state index >= 15 is 0 Å². The van der Waals surface area contributed by atoms with Crippen molar-refractivity contribution < 1.29 is 28.8 Å². The Morgan fingerprint density at radius 3 is 2.12 bits per heavy atom. The summed E-state index contributed by atoms with van der Waals surface area (Å²) in [5.41, 5.74) is 3.65. The number of benzene rings is 6. The minimum atomic E-state index is -1.48. The molecule has 1 aliphatic heterocycles. The van der Waals surface area contributed by atoms with Crippen molar-refractivity contribution in [3.8, 4) is 17.2 Å². The summed E-state index contributed by atoms with van der Waals surface area (Å²) in [6, 6.07) is 46.0. The third kappa shape index (κ3) is 10.7. The predicted octanol–water partition coefficient (Wildman–Crippen LogP) is 10.5. The maximum atomic E-state index is 14.9. The molecule has 7 rings (SSSR count). The highest BCUT2D eigenvalue weighted by atomic mass is 79.9. The predicted molar refractivity (Wildman–Crippen MR) is 236 cm³/mol. The van der Waals surface area contributed by atoms with Gasteiger partial charge in [0.15, 0.2) is 23.1 Å². The quantitative estimate of drug-likeness (QED) is 0.0834. The van der Waals surface area contributed by atoms with Crippen LogP contribution < -0.4 is 19.5 Å². The van der Waals surface area contributed by atoms with Crippen LogP contribution in [-0.4, -0.2) is 42.2 Å². The lowest BCUT2D eigenvalue weighted by atomic mass is 9.82. The highest BCUT2D eigenvalue weighted by molar-refractivity contribution is 9.10. The molecule has 302 valence electrons. The Bertz CT molecular complexity index is 2360. The number of nitrogens with one attached hydrogen (secondary N) is 1. The maximum Gasteiger partial charge on any atom is 0.252 e. The van der Waals surface area contributed by atoms with Crippen LogP contribution in [0, 0.1) is 0 Å². The highest BCUT2D eigenvalue weighted by Crippen LogP contribution is 2.46. The van der Waals surface area contributed by atoms with Gasteiger partial charge in [0.2, 0.25) is 5.90 Å². The molecule has 1 amide bonds. The van der Waals surface area contributed by atoms with Crippen LogP contribution in [0.2, 0.25) is 10.0 Å². The number of carbonyl (C=O) groups is 1. The third-order valence-electron chi connectivity index (χ3n) is 9.87. The van der Waals surface area contributed by atoms with Gasteiger partial charge in [0.1, 0.15) is 19.0 Å². The molecule has 0 aliphatic carbocycles. The number of aliphatic hydroxyl groups is 1. The van der Waals surface area contributed by atoms with E-state index in [-0.39, 0.29) is 24.8 Å². The van der Waals surface area contributed by atoms with Crippen molar-refractivity contribution in [1.29, 1.82) is 0 Å². The molecule has 0 fully saturated rings. The van der Waals surface area contributed by atoms with E-state index in [9.17, 15) is 4.79 Å². The van der Waals surface area contributed by atoms with Crippen LogP contribution in [-0.2, 0) is 35.6 Å². The molecule has 0 aromatic heterocycles. The Morgan fingerprint density at radius 2 is 1.44 bits per heavy atom. The number of hydrogen-bond acceptors (Lipinski definition) is 7. The van der Waals surface area contributed by atoms with Crippen LogP contribution in [0.5, 0.6) is 17.2 Å². The Balaban J connectivity index is 1.17. The van der Waals surface area contributed by atoms with Gasteiger partial charge in [-0.3, -0.25) is 4.79 Å². The number of amides is 1. The second-order valence-electron chi connectivity index (χ2n) is 14.1. The third-order valence-corrected chi connectivity index (χ3v) is 11.2. The molecule has 0 saturated carbocycles. The molecule has 6 aromatic carbocycles. The molecule has 0 bridgehead atoms. The van der Waals surface area contributed by atoms with Gasteiger partial charge in [-0.05, 0) is 83.3 Å². The SMILES string of the molecule is O=C(NCCc1ccc(OCc2ccccc2)c(OCc2ccccc2)c1)[C@]1(Cc2ccccc2Br)N=C(c2ccc(OCCCO)cc2)O[C@@H]1c1ccc(Cl)cc1Cl. The number of rotatable bonds is 18. The van der Waals surface area contributed by atoms with Crippen molar-refractivity contribution in [2.24, 2.45) is 4.99 Å². The lowest BCUT2D eigenvalue weighted by Gasteiger charge is -2.31. The summed E-state index contributed by atoms with van der Waals surface area (Å²) in [6.07, 6.45) is 0.305. The molecule has 1 heterocycles. The summed E-state index contributed by atoms with van der Waals surface area (Å²) in [6.45, 7) is 1.48. The Labute approximate surface area is 362 Å². The van der Waals surface area contributed by atoms with E-state index in [4.69, 9.17) is 52.2 Å². The molecule has 8 nitrogen and oxygen atoms in total. The number of aliphatic hydroxyl groups excluding tert-OH is 1. The Morgan fingerprint density at radius 1 is 0.763 bits per heavy atom. The number of ether oxygens (including phenoxy) is 4. The zero-order chi connectivity index (χ0) is 41.0. The molecule has 2 N–H and O–H groups in total. The zero-order valence-corrected chi connectivity index (χ0v) is 35.3. The van der Waals surface area contributed by atoms with Crippen LogP contribution in [0.3, 0.4) is 0 Å². The fraction of sp³-hybridized carbons (Fsp3) is 0.208. The highest BCUT2D eigenvalue weighted by Gasteiger charge is 2.54. The molecule has 2 atom stereocenters. The average Bonchev–Trinajstić information content (AvgIpc) is 3.64. The van der Waals surface area contributed by atoms with Crippen LogP contribution in [0.15, 0.2) is 155 Å². The second-order valence-corrected chi connectivity index (χ2v) is 15.8. The summed E-state index contributed by atoms with van der Waals surface area (Å²) in [5.74, 6) is 1.84. The molecule has 0 unspecified atom stereocenters. The smallest absolute Gasteiger partial charge is 0.252 e. The Hall–Kier alpha value is -5.32. The van der Waals surface area contributed by atoms with E-state index in [2.05, 4.69) is 21.2 Å². The zero-order valence-electron chi connectivity index (χ0n) is 32.2. The van der Waals surface area contributed by atoms with Gasteiger partial charge in [-0.1, -0.05) is 130 Å². The number of carbonyl (C=O) groups excluding carboxylic acids is 1. The first kappa shape index (κ1) is 41.8. The first-order valence-electron chi connectivity index (χ1n) is 19.3. The minimum absolute atomic E-state index is 0.0414. The van der Waals surface area contributed by atoms with E-state index in [1.807, 2.05) is 127 Å². The van der Waals surface area contributed by atoms with Crippen molar-refractivity contribution in [1.82, 2.24) is 5.32 Å². The van der Waals surface area contributed by atoms with Crippen LogP contribution in [0.25, 0.3) is 0 Å². The van der Waals surface area contributed by atoms with Gasteiger partial charge in [0.05, 0.1) is 6.61 Å². The molecule has 0 radical (unpaired) electrons. The first-order chi connectivity index (χ1) is 28.8. The summed E-state index contributed by atoms with van der Waals surface area (Å²) in [7, 11) is 0. The maximum absolute atomic E-state index is 14.9. The van der Waals surface area contributed by atoms with Crippen molar-refractivity contribution in [3.63, 3.8) is 0 Å². The standard InChI is InChI=1S/C48H43BrCl2N2O6/c49-41-15-8-7-14-37(41)30-48(45(40-22-19-38(50)29-42(40)51)59-46(53-48)36-17-20-39(21-18-36)56-27-9-26-54)47(55)52-25-24-33-16-23-43(57-31-34-10-3-1-4-11-34)44(28-33)58-32-35-12-5-2-6-13-35/h1-8,10-23,28-29,45,54H,9,24-27,30-32H2,(H,52,55)/t45-,48-/m1/s1. The average molecular weight is 895 g/mol. The number of aliphatic imine (C=N–C) groups is 1. The van der Waals surface area contributed by atoms with Crippen LogP contribution in [0.1, 0.15) is 45.9 Å². The number of nitrogens with zero attached hydrogens (tertiary/aromatic N) is 1. The molecule has 1 aliphatic rings. The summed E-state index contributed by atoms with van der Waals surface area (Å²) in [5, 5.41) is 13.2. The second kappa shape index (κ2) is 20.1. The number of hydrogen-bond donors (Lipinski definition) is 2. The lowest BCUT2D eigenvalue weighted by Crippen LogP contribution is -2.50. The minimum Gasteiger partial charge on any atom is -0.494 e. The van der Waals surface area contributed by atoms with Gasteiger partial charge in [0.25, 0.3) is 5.91 Å². The molecule has 59 heavy (non-hydrogen) atoms. The summed E-state index contributed by atoms with van der Waals surface area (Å²) < 4.78 is 25.9. The van der Waals surface area contributed by atoms with Gasteiger partial charge in [0, 0.05) is 51.6 Å². The fourth-order valence-corrected chi connectivity index (χ4v) is 7.72. The van der Waals surface area contributed by atoms with E-state index in [0.717, 1.165) is 26.7 Å². The molecule has 0 spiro atoms. The van der Waals surface area contributed by atoms with Crippen LogP contribution in [0.4, 0.5) is 0 Å². The monoisotopic (exact) mass is 892 g/mol. The fourth-order valence-electron chi connectivity index (χ4n) is 6.79. The van der Waals surface area contributed by atoms with Gasteiger partial charge < -0.3 is 29.4 Å². The van der Waals surface area contributed by atoms with E-state index < -0.39 is 11.6 Å². The van der Waals surface area contributed by atoms with E-state index in [1.165, 1.54) is 0 Å². The van der Waals surface area contributed by atoms with Crippen molar-refractivity contribution in [2.45, 2.75) is 44.1 Å². The van der Waals surface area contributed by atoms with Crippen LogP contribution >= 0.6 is 39.1 Å². The van der Waals surface area contributed by atoms with Gasteiger partial charge in [-0.25, -0.2) is 4.99 Å². The topological polar surface area (TPSA) is 98.6 Å². The molecular formula is C48H43BrCl2N2O6. The van der Waals surface area contributed by atoms with E-state index in [0.29, 0.717) is 77.6 Å². The first-order valence-corrected chi connectivity index (χ1v) is 20.9. The normalized spacial score (nSPS) is 15.9. The molecular weight excluding hydrogens is 851 g/mol. The van der Waals surface area contributed by atoms with Gasteiger partial charge >= 0.3 is 0 Å².